The molecule has 2 heterocycles. The fraction of sp³-hybridized carbons (Fsp3) is 0.474. The fourth-order valence-corrected chi connectivity index (χ4v) is 4.44. The van der Waals surface area contributed by atoms with E-state index in [0.717, 1.165) is 0 Å². The van der Waals surface area contributed by atoms with Gasteiger partial charge in [-0.3, -0.25) is 0 Å². The Morgan fingerprint density at radius 1 is 1.11 bits per heavy atom. The number of piperidine rings is 1. The number of aromatic nitrogens is 2. The lowest BCUT2D eigenvalue weighted by atomic mass is 10.1. The number of sulfonamides is 1. The molecule has 8 heteroatoms. The minimum absolute atomic E-state index is 0.0464. The molecule has 1 fully saturated rings. The Balaban J connectivity index is 1.60. The van der Waals surface area contributed by atoms with Crippen molar-refractivity contribution in [2.75, 3.05) is 13.1 Å². The summed E-state index contributed by atoms with van der Waals surface area (Å²) >= 11 is 0. The van der Waals surface area contributed by atoms with E-state index >= 15 is 0 Å². The topological polar surface area (TPSA) is 81.6 Å². The normalized spacial score (nSPS) is 16.4. The summed E-state index contributed by atoms with van der Waals surface area (Å²) in [6.45, 7) is 6.50. The van der Waals surface area contributed by atoms with Gasteiger partial charge in [-0.15, -0.1) is 0 Å². The summed E-state index contributed by atoms with van der Waals surface area (Å²) in [6, 6.07) is 8.30. The summed E-state index contributed by atoms with van der Waals surface area (Å²) in [5, 5.41) is 0. The van der Waals surface area contributed by atoms with Crippen LogP contribution in [0.1, 0.15) is 32.5 Å². The van der Waals surface area contributed by atoms with Crippen molar-refractivity contribution in [2.24, 2.45) is 0 Å². The molecular weight excluding hydrogens is 366 g/mol. The van der Waals surface area contributed by atoms with Crippen LogP contribution < -0.4 is 9.47 Å². The molecule has 0 spiro atoms. The maximum Gasteiger partial charge on any atom is 0.243 e. The minimum Gasteiger partial charge on any atom is -0.491 e. The van der Waals surface area contributed by atoms with Crippen molar-refractivity contribution in [1.82, 2.24) is 14.3 Å². The molecule has 0 radical (unpaired) electrons. The van der Waals surface area contributed by atoms with Crippen LogP contribution in [0.3, 0.4) is 0 Å². The van der Waals surface area contributed by atoms with Gasteiger partial charge in [0.15, 0.2) is 0 Å². The molecule has 1 aliphatic heterocycles. The van der Waals surface area contributed by atoms with Crippen LogP contribution in [-0.2, 0) is 10.0 Å². The van der Waals surface area contributed by atoms with E-state index in [0.29, 0.717) is 43.4 Å². The summed E-state index contributed by atoms with van der Waals surface area (Å²) in [5.74, 6) is 1.85. The van der Waals surface area contributed by atoms with E-state index in [4.69, 9.17) is 9.47 Å². The number of hydrogen-bond acceptors (Lipinski definition) is 6. The Morgan fingerprint density at radius 3 is 2.37 bits per heavy atom. The van der Waals surface area contributed by atoms with Gasteiger partial charge in [0.05, 0.1) is 11.0 Å². The molecular formula is C19H25N3O4S. The minimum atomic E-state index is -3.51. The first-order chi connectivity index (χ1) is 12.8. The predicted octanol–water partition coefficient (Wildman–Crippen LogP) is 2.80. The first-order valence-electron chi connectivity index (χ1n) is 9.08. The van der Waals surface area contributed by atoms with Gasteiger partial charge in [0.1, 0.15) is 17.7 Å². The molecule has 0 saturated carbocycles. The second kappa shape index (κ2) is 8.22. The lowest BCUT2D eigenvalue weighted by Gasteiger charge is -2.31. The van der Waals surface area contributed by atoms with E-state index in [1.54, 1.807) is 43.5 Å². The van der Waals surface area contributed by atoms with Crippen LogP contribution in [0.5, 0.6) is 11.6 Å². The van der Waals surface area contributed by atoms with Gasteiger partial charge in [-0.2, -0.15) is 9.29 Å². The summed E-state index contributed by atoms with van der Waals surface area (Å²) in [7, 11) is -3.51. The van der Waals surface area contributed by atoms with Crippen LogP contribution in [0.2, 0.25) is 0 Å². The van der Waals surface area contributed by atoms with Crippen LogP contribution in [0, 0.1) is 6.92 Å². The molecule has 2 aromatic rings. The first-order valence-corrected chi connectivity index (χ1v) is 10.5. The highest BCUT2D eigenvalue weighted by Crippen LogP contribution is 2.24. The molecule has 0 atom stereocenters. The summed E-state index contributed by atoms with van der Waals surface area (Å²) in [6.07, 6.45) is 2.90. The van der Waals surface area contributed by atoms with Gasteiger partial charge in [-0.05, 0) is 57.9 Å². The first kappa shape index (κ1) is 19.6. The van der Waals surface area contributed by atoms with E-state index in [9.17, 15) is 8.42 Å². The van der Waals surface area contributed by atoms with Gasteiger partial charge in [0.2, 0.25) is 15.9 Å². The van der Waals surface area contributed by atoms with Crippen molar-refractivity contribution in [3.8, 4) is 11.6 Å². The summed E-state index contributed by atoms with van der Waals surface area (Å²) < 4.78 is 38.7. The number of nitrogens with zero attached hydrogens (tertiary/aromatic N) is 3. The molecule has 1 aromatic carbocycles. The van der Waals surface area contributed by atoms with Crippen molar-refractivity contribution in [2.45, 2.75) is 50.7 Å². The van der Waals surface area contributed by atoms with Crippen LogP contribution in [-0.4, -0.2) is 48.0 Å². The molecule has 3 rings (SSSR count). The van der Waals surface area contributed by atoms with Crippen LogP contribution in [0.15, 0.2) is 41.4 Å². The van der Waals surface area contributed by atoms with E-state index < -0.39 is 10.0 Å². The fourth-order valence-electron chi connectivity index (χ4n) is 2.97. The SMILES string of the molecule is Cc1nccc(OC2CCN(S(=O)(=O)c3ccc(OC(C)C)cc3)CC2)n1. The van der Waals surface area contributed by atoms with Crippen molar-refractivity contribution in [1.29, 1.82) is 0 Å². The lowest BCUT2D eigenvalue weighted by Crippen LogP contribution is -2.41. The molecule has 0 N–H and O–H groups in total. The van der Waals surface area contributed by atoms with Gasteiger partial charge < -0.3 is 9.47 Å². The van der Waals surface area contributed by atoms with Crippen LogP contribution in [0.4, 0.5) is 0 Å². The highest BCUT2D eigenvalue weighted by atomic mass is 32.2. The molecule has 0 aliphatic carbocycles. The highest BCUT2D eigenvalue weighted by molar-refractivity contribution is 7.89. The number of hydrogen-bond donors (Lipinski definition) is 0. The standard InChI is InChI=1S/C19H25N3O4S/c1-14(2)25-16-4-6-18(7-5-16)27(23,24)22-12-9-17(10-13-22)26-19-8-11-20-15(3)21-19/h4-8,11,14,17H,9-10,12-13H2,1-3H3. The van der Waals surface area contributed by atoms with E-state index in [-0.39, 0.29) is 17.1 Å². The molecule has 0 unspecified atom stereocenters. The van der Waals surface area contributed by atoms with E-state index in [1.165, 1.54) is 4.31 Å². The van der Waals surface area contributed by atoms with E-state index in [1.807, 2.05) is 13.8 Å². The van der Waals surface area contributed by atoms with Crippen molar-refractivity contribution in [3.05, 3.63) is 42.4 Å². The molecule has 146 valence electrons. The zero-order chi connectivity index (χ0) is 19.4. The van der Waals surface area contributed by atoms with Gasteiger partial charge >= 0.3 is 0 Å². The van der Waals surface area contributed by atoms with Crippen LogP contribution >= 0.6 is 0 Å². The summed E-state index contributed by atoms with van der Waals surface area (Å²) in [4.78, 5) is 8.56. The van der Waals surface area contributed by atoms with Gasteiger partial charge in [0, 0.05) is 25.4 Å². The van der Waals surface area contributed by atoms with Gasteiger partial charge in [-0.25, -0.2) is 13.4 Å². The highest BCUT2D eigenvalue weighted by Gasteiger charge is 2.30. The molecule has 0 amide bonds. The van der Waals surface area contributed by atoms with Crippen molar-refractivity contribution in [3.63, 3.8) is 0 Å². The number of ether oxygens (including phenoxy) is 2. The predicted molar refractivity (Wildman–Crippen MR) is 101 cm³/mol. The largest absolute Gasteiger partial charge is 0.491 e. The maximum absolute atomic E-state index is 12.9. The smallest absolute Gasteiger partial charge is 0.243 e. The third-order valence-electron chi connectivity index (χ3n) is 4.27. The average molecular weight is 391 g/mol. The number of rotatable bonds is 6. The third-order valence-corrected chi connectivity index (χ3v) is 6.19. The number of aryl methyl sites for hydroxylation is 1. The van der Waals surface area contributed by atoms with Crippen molar-refractivity contribution >= 4 is 10.0 Å². The maximum atomic E-state index is 12.9. The molecule has 1 saturated heterocycles. The molecule has 7 nitrogen and oxygen atoms in total. The zero-order valence-corrected chi connectivity index (χ0v) is 16.6. The monoisotopic (exact) mass is 391 g/mol. The Hall–Kier alpha value is -2.19. The zero-order valence-electron chi connectivity index (χ0n) is 15.8. The quantitative estimate of drug-likeness (QED) is 0.753. The van der Waals surface area contributed by atoms with Crippen LogP contribution in [0.25, 0.3) is 0 Å². The third kappa shape index (κ3) is 4.95. The van der Waals surface area contributed by atoms with Crippen molar-refractivity contribution < 1.29 is 17.9 Å². The summed E-state index contributed by atoms with van der Waals surface area (Å²) in [5.41, 5.74) is 0. The average Bonchev–Trinajstić information content (AvgIpc) is 2.62. The Bertz CT molecular complexity index is 861. The van der Waals surface area contributed by atoms with Gasteiger partial charge in [-0.1, -0.05) is 0 Å². The molecule has 0 bridgehead atoms. The molecule has 1 aliphatic rings. The molecule has 1 aromatic heterocycles. The number of benzene rings is 1. The Labute approximate surface area is 160 Å². The molecule has 27 heavy (non-hydrogen) atoms. The second-order valence-corrected chi connectivity index (χ2v) is 8.74. The second-order valence-electron chi connectivity index (χ2n) is 6.80. The van der Waals surface area contributed by atoms with Gasteiger partial charge in [0.25, 0.3) is 0 Å². The Kier molecular flexibility index (Phi) is 5.96. The Morgan fingerprint density at radius 2 is 1.78 bits per heavy atom. The van der Waals surface area contributed by atoms with E-state index in [2.05, 4.69) is 9.97 Å². The lowest BCUT2D eigenvalue weighted by molar-refractivity contribution is 0.129.